The molecule has 128 valence electrons. The van der Waals surface area contributed by atoms with E-state index in [4.69, 9.17) is 0 Å². The van der Waals surface area contributed by atoms with Gasteiger partial charge in [0.1, 0.15) is 5.60 Å². The van der Waals surface area contributed by atoms with Crippen molar-refractivity contribution in [3.05, 3.63) is 71.8 Å². The number of hydrogen-bond donors (Lipinski definition) is 1. The van der Waals surface area contributed by atoms with Crippen molar-refractivity contribution in [2.45, 2.75) is 57.2 Å². The van der Waals surface area contributed by atoms with Crippen LogP contribution in [0.1, 0.15) is 50.7 Å². The average Bonchev–Trinajstić information content (AvgIpc) is 2.62. The summed E-state index contributed by atoms with van der Waals surface area (Å²) in [7, 11) is 0. The summed E-state index contributed by atoms with van der Waals surface area (Å²) in [6.07, 6.45) is 4.56. The maximum Gasteiger partial charge on any atom is 0.116 e. The van der Waals surface area contributed by atoms with Crippen LogP contribution in [0.15, 0.2) is 60.7 Å². The molecule has 0 saturated carbocycles. The van der Waals surface area contributed by atoms with Crippen molar-refractivity contribution in [3.8, 4) is 0 Å². The van der Waals surface area contributed by atoms with Gasteiger partial charge in [-0.15, -0.1) is 0 Å². The second kappa shape index (κ2) is 7.50. The van der Waals surface area contributed by atoms with E-state index in [1.54, 1.807) is 0 Å². The molecule has 0 aromatic heterocycles. The molecular weight excluding hydrogens is 294 g/mol. The minimum atomic E-state index is -0.931. The molecular formula is C22H29NO. The second-order valence-electron chi connectivity index (χ2n) is 7.21. The van der Waals surface area contributed by atoms with E-state index in [-0.39, 0.29) is 0 Å². The maximum atomic E-state index is 11.6. The van der Waals surface area contributed by atoms with Crippen LogP contribution < -0.4 is 0 Å². The Morgan fingerprint density at radius 2 is 1.33 bits per heavy atom. The molecule has 2 aromatic carbocycles. The Morgan fingerprint density at radius 3 is 1.79 bits per heavy atom. The highest BCUT2D eigenvalue weighted by molar-refractivity contribution is 5.35. The van der Waals surface area contributed by atoms with E-state index >= 15 is 0 Å². The summed E-state index contributed by atoms with van der Waals surface area (Å²) in [5.74, 6) is 0. The summed E-state index contributed by atoms with van der Waals surface area (Å²) in [5, 5.41) is 11.6. The van der Waals surface area contributed by atoms with Crippen LogP contribution in [0.25, 0.3) is 0 Å². The summed E-state index contributed by atoms with van der Waals surface area (Å²) in [6, 6.07) is 21.4. The number of aliphatic hydroxyl groups is 1. The molecule has 2 atom stereocenters. The zero-order valence-corrected chi connectivity index (χ0v) is 14.9. The van der Waals surface area contributed by atoms with Crippen molar-refractivity contribution in [1.29, 1.82) is 0 Å². The summed E-state index contributed by atoms with van der Waals surface area (Å²) in [5.41, 5.74) is 1.03. The van der Waals surface area contributed by atoms with Gasteiger partial charge in [-0.25, -0.2) is 0 Å². The highest BCUT2D eigenvalue weighted by Crippen LogP contribution is 2.34. The van der Waals surface area contributed by atoms with Crippen LogP contribution in [-0.2, 0) is 5.60 Å². The van der Waals surface area contributed by atoms with Crippen LogP contribution >= 0.6 is 0 Å². The zero-order valence-electron chi connectivity index (χ0n) is 14.9. The molecule has 2 unspecified atom stereocenters. The molecule has 0 spiro atoms. The van der Waals surface area contributed by atoms with Crippen LogP contribution in [0, 0.1) is 0 Å². The lowest BCUT2D eigenvalue weighted by Crippen LogP contribution is -2.46. The van der Waals surface area contributed by atoms with Gasteiger partial charge >= 0.3 is 0 Å². The summed E-state index contributed by atoms with van der Waals surface area (Å²) < 4.78 is 0. The van der Waals surface area contributed by atoms with Crippen molar-refractivity contribution in [1.82, 2.24) is 4.90 Å². The third-order valence-corrected chi connectivity index (χ3v) is 5.61. The molecule has 0 amide bonds. The van der Waals surface area contributed by atoms with Gasteiger partial charge < -0.3 is 5.11 Å². The first-order valence-corrected chi connectivity index (χ1v) is 9.20. The summed E-state index contributed by atoms with van der Waals surface area (Å²) in [6.45, 7) is 5.56. The van der Waals surface area contributed by atoms with Gasteiger partial charge in [-0.1, -0.05) is 67.1 Å². The van der Waals surface area contributed by atoms with E-state index in [1.807, 2.05) is 60.7 Å². The smallest absolute Gasteiger partial charge is 0.116 e. The Kier molecular flexibility index (Phi) is 5.37. The number of likely N-dealkylation sites (tertiary alicyclic amines) is 1. The van der Waals surface area contributed by atoms with E-state index < -0.39 is 5.60 Å². The van der Waals surface area contributed by atoms with Crippen LogP contribution in [0.4, 0.5) is 0 Å². The van der Waals surface area contributed by atoms with Gasteiger partial charge in [-0.3, -0.25) is 4.90 Å². The molecule has 0 bridgehead atoms. The molecule has 1 aliphatic heterocycles. The normalized spacial score (nSPS) is 22.5. The van der Waals surface area contributed by atoms with Crippen molar-refractivity contribution in [2.75, 3.05) is 6.54 Å². The molecule has 1 N–H and O–H groups in total. The first-order valence-electron chi connectivity index (χ1n) is 9.20. The molecule has 2 aromatic rings. The van der Waals surface area contributed by atoms with Crippen LogP contribution in [0.5, 0.6) is 0 Å². The van der Waals surface area contributed by atoms with E-state index in [0.717, 1.165) is 24.1 Å². The fourth-order valence-electron chi connectivity index (χ4n) is 4.09. The van der Waals surface area contributed by atoms with Gasteiger partial charge in [0.2, 0.25) is 0 Å². The lowest BCUT2D eigenvalue weighted by atomic mass is 9.83. The Morgan fingerprint density at radius 1 is 0.875 bits per heavy atom. The fraction of sp³-hybridized carbons (Fsp3) is 0.455. The number of piperidine rings is 1. The lowest BCUT2D eigenvalue weighted by Gasteiger charge is -2.41. The fourth-order valence-corrected chi connectivity index (χ4v) is 4.09. The Hall–Kier alpha value is -1.64. The molecule has 2 heteroatoms. The summed E-state index contributed by atoms with van der Waals surface area (Å²) >= 11 is 0. The Balaban J connectivity index is 1.86. The number of hydrogen-bond acceptors (Lipinski definition) is 2. The minimum absolute atomic E-state index is 0.601. The van der Waals surface area contributed by atoms with Crippen LogP contribution in [-0.4, -0.2) is 28.6 Å². The standard InChI is InChI=1S/C22H29NO/c1-18-10-9-11-19(2)23(18)17-16-22(24,20-12-5-3-6-13-20)21-14-7-4-8-15-21/h3-8,12-15,18-19,24H,9-11,16-17H2,1-2H3. The van der Waals surface area contributed by atoms with E-state index in [2.05, 4.69) is 18.7 Å². The van der Waals surface area contributed by atoms with Gasteiger partial charge in [0.15, 0.2) is 0 Å². The van der Waals surface area contributed by atoms with Crippen molar-refractivity contribution in [3.63, 3.8) is 0 Å². The molecule has 1 heterocycles. The first-order chi connectivity index (χ1) is 11.6. The topological polar surface area (TPSA) is 23.5 Å². The van der Waals surface area contributed by atoms with Crippen molar-refractivity contribution < 1.29 is 5.11 Å². The number of nitrogens with zero attached hydrogens (tertiary/aromatic N) is 1. The molecule has 0 aliphatic carbocycles. The first kappa shape index (κ1) is 17.2. The lowest BCUT2D eigenvalue weighted by molar-refractivity contribution is 0.0317. The molecule has 1 aliphatic rings. The summed E-state index contributed by atoms with van der Waals surface area (Å²) in [4.78, 5) is 2.57. The van der Waals surface area contributed by atoms with Crippen molar-refractivity contribution in [2.24, 2.45) is 0 Å². The predicted molar refractivity (Wildman–Crippen MR) is 100.0 cm³/mol. The molecule has 3 rings (SSSR count). The third-order valence-electron chi connectivity index (χ3n) is 5.61. The van der Waals surface area contributed by atoms with Gasteiger partial charge in [-0.2, -0.15) is 0 Å². The minimum Gasteiger partial charge on any atom is -0.380 e. The van der Waals surface area contributed by atoms with E-state index in [0.29, 0.717) is 12.1 Å². The highest BCUT2D eigenvalue weighted by Gasteiger charge is 2.33. The monoisotopic (exact) mass is 323 g/mol. The molecule has 1 saturated heterocycles. The Bertz CT molecular complexity index is 575. The maximum absolute atomic E-state index is 11.6. The molecule has 0 radical (unpaired) electrons. The van der Waals surface area contributed by atoms with Gasteiger partial charge in [0.05, 0.1) is 0 Å². The largest absolute Gasteiger partial charge is 0.380 e. The van der Waals surface area contributed by atoms with Crippen LogP contribution in [0.2, 0.25) is 0 Å². The predicted octanol–water partition coefficient (Wildman–Crippen LogP) is 4.58. The van der Waals surface area contributed by atoms with Gasteiger partial charge in [0, 0.05) is 18.6 Å². The SMILES string of the molecule is CC1CCCC(C)N1CCC(O)(c1ccccc1)c1ccccc1. The van der Waals surface area contributed by atoms with Crippen molar-refractivity contribution >= 4 is 0 Å². The molecule has 1 fully saturated rings. The molecule has 24 heavy (non-hydrogen) atoms. The third kappa shape index (κ3) is 3.55. The zero-order chi connectivity index (χ0) is 17.0. The van der Waals surface area contributed by atoms with E-state index in [9.17, 15) is 5.11 Å². The van der Waals surface area contributed by atoms with Crippen LogP contribution in [0.3, 0.4) is 0 Å². The number of benzene rings is 2. The highest BCUT2D eigenvalue weighted by atomic mass is 16.3. The molecule has 2 nitrogen and oxygen atoms in total. The van der Waals surface area contributed by atoms with Gasteiger partial charge in [-0.05, 0) is 44.2 Å². The average molecular weight is 323 g/mol. The Labute approximate surface area is 146 Å². The number of rotatable bonds is 5. The van der Waals surface area contributed by atoms with Gasteiger partial charge in [0.25, 0.3) is 0 Å². The second-order valence-corrected chi connectivity index (χ2v) is 7.21. The van der Waals surface area contributed by atoms with E-state index in [1.165, 1.54) is 19.3 Å². The quantitative estimate of drug-likeness (QED) is 0.871.